The second-order valence-corrected chi connectivity index (χ2v) is 9.34. The van der Waals surface area contributed by atoms with Crippen molar-refractivity contribution >= 4 is 22.0 Å². The van der Waals surface area contributed by atoms with Gasteiger partial charge in [0.1, 0.15) is 0 Å². The summed E-state index contributed by atoms with van der Waals surface area (Å²) in [6.07, 6.45) is 10.3. The van der Waals surface area contributed by atoms with Crippen molar-refractivity contribution in [1.82, 2.24) is 9.21 Å². The van der Waals surface area contributed by atoms with E-state index < -0.39 is 10.0 Å². The van der Waals surface area contributed by atoms with Crippen LogP contribution < -0.4 is 0 Å². The van der Waals surface area contributed by atoms with E-state index in [-0.39, 0.29) is 5.91 Å². The molecule has 5 nitrogen and oxygen atoms in total. The van der Waals surface area contributed by atoms with Crippen LogP contribution in [0.2, 0.25) is 0 Å². The van der Waals surface area contributed by atoms with Gasteiger partial charge in [-0.3, -0.25) is 4.79 Å². The van der Waals surface area contributed by atoms with Crippen LogP contribution in [0.15, 0.2) is 35.2 Å². The minimum atomic E-state index is -3.44. The van der Waals surface area contributed by atoms with E-state index in [2.05, 4.69) is 4.90 Å². The average Bonchev–Trinajstić information content (AvgIpc) is 3.34. The molecule has 2 aliphatic rings. The van der Waals surface area contributed by atoms with Crippen molar-refractivity contribution < 1.29 is 13.2 Å². The molecule has 0 heterocycles. The summed E-state index contributed by atoms with van der Waals surface area (Å²) in [5, 5.41) is 0. The Morgan fingerprint density at radius 1 is 1.00 bits per heavy atom. The Bertz CT molecular complexity index is 772. The smallest absolute Gasteiger partial charge is 0.247 e. The minimum Gasteiger partial charge on any atom is -0.333 e. The maximum atomic E-state index is 12.7. The molecule has 0 aromatic heterocycles. The summed E-state index contributed by atoms with van der Waals surface area (Å²) in [6.45, 7) is 4.57. The monoisotopic (exact) mass is 390 g/mol. The van der Waals surface area contributed by atoms with Crippen LogP contribution in [0.3, 0.4) is 0 Å². The lowest BCUT2D eigenvalue weighted by Gasteiger charge is -2.27. The Morgan fingerprint density at radius 3 is 2.07 bits per heavy atom. The Labute approximate surface area is 163 Å². The molecule has 0 radical (unpaired) electrons. The van der Waals surface area contributed by atoms with Gasteiger partial charge in [-0.25, -0.2) is 8.42 Å². The highest BCUT2D eigenvalue weighted by Crippen LogP contribution is 2.34. The number of carbonyl (C=O) groups is 1. The van der Waals surface area contributed by atoms with Gasteiger partial charge in [0, 0.05) is 31.2 Å². The highest BCUT2D eigenvalue weighted by atomic mass is 32.2. The third-order valence-corrected chi connectivity index (χ3v) is 7.62. The van der Waals surface area contributed by atoms with Crippen LogP contribution in [-0.2, 0) is 14.8 Å². The number of carbonyl (C=O) groups excluding carboxylic acids is 1. The first-order valence-electron chi connectivity index (χ1n) is 10.1. The minimum absolute atomic E-state index is 0.0873. The summed E-state index contributed by atoms with van der Waals surface area (Å²) < 4.78 is 26.5. The van der Waals surface area contributed by atoms with E-state index in [9.17, 15) is 13.2 Å². The van der Waals surface area contributed by atoms with Gasteiger partial charge in [0.15, 0.2) is 0 Å². The fourth-order valence-electron chi connectivity index (χ4n) is 3.91. The summed E-state index contributed by atoms with van der Waals surface area (Å²) in [7, 11) is -3.44. The Balaban J connectivity index is 1.69. The largest absolute Gasteiger partial charge is 0.333 e. The molecule has 0 spiro atoms. The van der Waals surface area contributed by atoms with E-state index in [1.807, 2.05) is 13.8 Å². The Kier molecular flexibility index (Phi) is 6.37. The fraction of sp³-hybridized carbons (Fsp3) is 0.571. The molecule has 0 aliphatic heterocycles. The van der Waals surface area contributed by atoms with Crippen LogP contribution in [0.1, 0.15) is 57.9 Å². The highest BCUT2D eigenvalue weighted by molar-refractivity contribution is 7.89. The molecule has 1 aromatic carbocycles. The van der Waals surface area contributed by atoms with Crippen molar-refractivity contribution in [1.29, 1.82) is 0 Å². The predicted octanol–water partition coefficient (Wildman–Crippen LogP) is 3.66. The van der Waals surface area contributed by atoms with Gasteiger partial charge in [0.05, 0.1) is 4.90 Å². The molecule has 1 aromatic rings. The average molecular weight is 391 g/mol. The maximum absolute atomic E-state index is 12.7. The molecule has 0 saturated heterocycles. The third kappa shape index (κ3) is 4.61. The molecule has 2 saturated carbocycles. The third-order valence-electron chi connectivity index (χ3n) is 5.55. The zero-order chi connectivity index (χ0) is 19.4. The number of nitrogens with zero attached hydrogens (tertiary/aromatic N) is 2. The van der Waals surface area contributed by atoms with Crippen molar-refractivity contribution in [2.75, 3.05) is 13.1 Å². The molecule has 6 heteroatoms. The van der Waals surface area contributed by atoms with E-state index in [0.29, 0.717) is 30.1 Å². The van der Waals surface area contributed by atoms with Gasteiger partial charge in [-0.1, -0.05) is 38.8 Å². The second-order valence-electron chi connectivity index (χ2n) is 7.41. The number of benzene rings is 1. The molecule has 0 bridgehead atoms. The van der Waals surface area contributed by atoms with Gasteiger partial charge in [-0.15, -0.1) is 0 Å². The zero-order valence-electron chi connectivity index (χ0n) is 16.3. The van der Waals surface area contributed by atoms with Gasteiger partial charge in [0.25, 0.3) is 0 Å². The number of sulfonamides is 1. The zero-order valence-corrected chi connectivity index (χ0v) is 17.1. The van der Waals surface area contributed by atoms with Crippen LogP contribution in [0.5, 0.6) is 0 Å². The molecule has 2 aliphatic carbocycles. The SMILES string of the molecule is CCN(CC)S(=O)(=O)c1ccc(/C=C/C(=O)N(C2CCCC2)C2CC2)cc1. The first-order valence-corrected chi connectivity index (χ1v) is 11.5. The standard InChI is InChI=1S/C21H30N2O3S/c1-3-22(4-2)27(25,26)20-14-9-17(10-15-20)11-16-21(24)23(19-12-13-19)18-7-5-6-8-18/h9-11,14-16,18-19H,3-8,12-13H2,1-2H3/b16-11+. The van der Waals surface area contributed by atoms with Crippen LogP contribution in [-0.4, -0.2) is 48.7 Å². The number of rotatable bonds is 8. The molecular weight excluding hydrogens is 360 g/mol. The predicted molar refractivity (Wildman–Crippen MR) is 108 cm³/mol. The quantitative estimate of drug-likeness (QED) is 0.637. The van der Waals surface area contributed by atoms with E-state index in [0.717, 1.165) is 31.2 Å². The Morgan fingerprint density at radius 2 is 1.56 bits per heavy atom. The fourth-order valence-corrected chi connectivity index (χ4v) is 5.37. The van der Waals surface area contributed by atoms with Gasteiger partial charge < -0.3 is 4.90 Å². The summed E-state index contributed by atoms with van der Waals surface area (Å²) in [6, 6.07) is 7.58. The van der Waals surface area contributed by atoms with E-state index in [4.69, 9.17) is 0 Å². The van der Waals surface area contributed by atoms with Crippen molar-refractivity contribution in [3.05, 3.63) is 35.9 Å². The Hall–Kier alpha value is -1.66. The van der Waals surface area contributed by atoms with Gasteiger partial charge in [-0.2, -0.15) is 4.31 Å². The van der Waals surface area contributed by atoms with Crippen molar-refractivity contribution in [2.45, 2.75) is 69.4 Å². The van der Waals surface area contributed by atoms with E-state index in [1.54, 1.807) is 36.4 Å². The molecule has 0 atom stereocenters. The molecule has 0 N–H and O–H groups in total. The lowest BCUT2D eigenvalue weighted by molar-refractivity contribution is -0.128. The molecule has 0 unspecified atom stereocenters. The number of amides is 1. The normalized spacial score (nSPS) is 18.5. The van der Waals surface area contributed by atoms with Gasteiger partial charge >= 0.3 is 0 Å². The lowest BCUT2D eigenvalue weighted by Crippen LogP contribution is -2.39. The molecule has 1 amide bonds. The topological polar surface area (TPSA) is 57.7 Å². The molecular formula is C21H30N2O3S. The molecule has 148 valence electrons. The van der Waals surface area contributed by atoms with Crippen LogP contribution in [0, 0.1) is 0 Å². The lowest BCUT2D eigenvalue weighted by atomic mass is 10.1. The first kappa shape index (κ1) is 20.1. The summed E-state index contributed by atoms with van der Waals surface area (Å²) in [5.41, 5.74) is 0.837. The van der Waals surface area contributed by atoms with Crippen LogP contribution >= 0.6 is 0 Å². The molecule has 27 heavy (non-hydrogen) atoms. The highest BCUT2D eigenvalue weighted by Gasteiger charge is 2.37. The number of hydrogen-bond donors (Lipinski definition) is 0. The summed E-state index contributed by atoms with van der Waals surface area (Å²) >= 11 is 0. The van der Waals surface area contributed by atoms with Crippen molar-refractivity contribution in [2.24, 2.45) is 0 Å². The van der Waals surface area contributed by atoms with Crippen molar-refractivity contribution in [3.63, 3.8) is 0 Å². The van der Waals surface area contributed by atoms with Gasteiger partial charge in [0.2, 0.25) is 15.9 Å². The van der Waals surface area contributed by atoms with Crippen LogP contribution in [0.25, 0.3) is 6.08 Å². The molecule has 3 rings (SSSR count). The summed E-state index contributed by atoms with van der Waals surface area (Å²) in [5.74, 6) is 0.0873. The molecule has 2 fully saturated rings. The van der Waals surface area contributed by atoms with E-state index >= 15 is 0 Å². The number of hydrogen-bond acceptors (Lipinski definition) is 3. The van der Waals surface area contributed by atoms with E-state index in [1.165, 1.54) is 17.1 Å². The maximum Gasteiger partial charge on any atom is 0.247 e. The second kappa shape index (κ2) is 8.57. The summed E-state index contributed by atoms with van der Waals surface area (Å²) in [4.78, 5) is 15.1. The van der Waals surface area contributed by atoms with Gasteiger partial charge in [-0.05, 0) is 49.5 Å². The van der Waals surface area contributed by atoms with Crippen molar-refractivity contribution in [3.8, 4) is 0 Å². The first-order chi connectivity index (χ1) is 13.0. The van der Waals surface area contributed by atoms with Crippen LogP contribution in [0.4, 0.5) is 0 Å².